The third-order valence-corrected chi connectivity index (χ3v) is 4.24. The standard InChI is InChI=1S/C17H11N5OS/c23-16-13(24-17(22-16)21-14-6-1-2-7-19-14)10-11-4-3-5-12-15(11)20-9-8-18-12/h1-10H,(H,19,21,22,23)/b13-10-. The van der Waals surface area contributed by atoms with Crippen molar-refractivity contribution in [2.75, 3.05) is 0 Å². The molecule has 4 rings (SSSR count). The minimum atomic E-state index is -0.185. The minimum absolute atomic E-state index is 0.185. The van der Waals surface area contributed by atoms with Crippen LogP contribution in [0.25, 0.3) is 17.1 Å². The molecule has 0 spiro atoms. The first-order valence-corrected chi connectivity index (χ1v) is 8.01. The molecular formula is C17H11N5OS. The molecular weight excluding hydrogens is 322 g/mol. The second-order valence-electron chi connectivity index (χ2n) is 4.94. The molecule has 1 aromatic carbocycles. The van der Waals surface area contributed by atoms with E-state index in [1.807, 2.05) is 30.3 Å². The summed E-state index contributed by atoms with van der Waals surface area (Å²) >= 11 is 1.28. The van der Waals surface area contributed by atoms with Crippen molar-refractivity contribution in [1.82, 2.24) is 20.3 Å². The van der Waals surface area contributed by atoms with Gasteiger partial charge in [0, 0.05) is 24.2 Å². The predicted octanol–water partition coefficient (Wildman–Crippen LogP) is 2.92. The van der Waals surface area contributed by atoms with E-state index in [0.717, 1.165) is 16.6 Å². The summed E-state index contributed by atoms with van der Waals surface area (Å²) in [5, 5.41) is 3.26. The zero-order chi connectivity index (χ0) is 16.4. The molecule has 116 valence electrons. The molecule has 24 heavy (non-hydrogen) atoms. The molecule has 0 aliphatic carbocycles. The molecule has 1 aliphatic heterocycles. The van der Waals surface area contributed by atoms with Gasteiger partial charge in [0.2, 0.25) is 0 Å². The van der Waals surface area contributed by atoms with Crippen LogP contribution in [0.2, 0.25) is 0 Å². The van der Waals surface area contributed by atoms with Crippen molar-refractivity contribution >= 4 is 45.8 Å². The van der Waals surface area contributed by atoms with Crippen molar-refractivity contribution < 1.29 is 4.79 Å². The number of nitrogens with one attached hydrogen (secondary N) is 1. The van der Waals surface area contributed by atoms with Crippen molar-refractivity contribution in [3.05, 3.63) is 65.5 Å². The lowest BCUT2D eigenvalue weighted by Gasteiger charge is -2.00. The number of rotatable bonds is 2. The van der Waals surface area contributed by atoms with E-state index in [2.05, 4.69) is 25.3 Å². The molecule has 1 aliphatic rings. The smallest absolute Gasteiger partial charge is 0.264 e. The van der Waals surface area contributed by atoms with Gasteiger partial charge in [-0.3, -0.25) is 14.8 Å². The van der Waals surface area contributed by atoms with Crippen molar-refractivity contribution in [2.45, 2.75) is 0 Å². The van der Waals surface area contributed by atoms with Crippen LogP contribution in [-0.2, 0) is 4.79 Å². The van der Waals surface area contributed by atoms with Crippen LogP contribution in [0.4, 0.5) is 5.82 Å². The maximum atomic E-state index is 12.2. The third-order valence-electron chi connectivity index (χ3n) is 3.33. The molecule has 0 saturated carbocycles. The fourth-order valence-electron chi connectivity index (χ4n) is 2.28. The quantitative estimate of drug-likeness (QED) is 0.729. The number of fused-ring (bicyclic) bond motifs is 1. The number of benzene rings is 1. The lowest BCUT2D eigenvalue weighted by Crippen LogP contribution is -2.19. The summed E-state index contributed by atoms with van der Waals surface area (Å²) in [6.07, 6.45) is 6.75. The predicted molar refractivity (Wildman–Crippen MR) is 94.6 cm³/mol. The highest BCUT2D eigenvalue weighted by Gasteiger charge is 2.24. The van der Waals surface area contributed by atoms with Crippen LogP contribution in [0.1, 0.15) is 5.56 Å². The van der Waals surface area contributed by atoms with Crippen molar-refractivity contribution in [3.8, 4) is 0 Å². The second kappa shape index (κ2) is 6.21. The zero-order valence-electron chi connectivity index (χ0n) is 12.4. The Bertz CT molecular complexity index is 979. The van der Waals surface area contributed by atoms with Gasteiger partial charge < -0.3 is 5.32 Å². The van der Waals surface area contributed by atoms with Crippen LogP contribution in [-0.4, -0.2) is 26.0 Å². The van der Waals surface area contributed by atoms with Crippen molar-refractivity contribution in [3.63, 3.8) is 0 Å². The van der Waals surface area contributed by atoms with Gasteiger partial charge in [0.15, 0.2) is 11.0 Å². The maximum absolute atomic E-state index is 12.2. The summed E-state index contributed by atoms with van der Waals surface area (Å²) in [6, 6.07) is 11.1. The first kappa shape index (κ1) is 14.5. The molecule has 3 aromatic rings. The number of nitrogens with zero attached hydrogens (tertiary/aromatic N) is 4. The first-order valence-electron chi connectivity index (χ1n) is 7.20. The largest absolute Gasteiger partial charge is 0.300 e. The van der Waals surface area contributed by atoms with Crippen LogP contribution < -0.4 is 5.32 Å². The molecule has 3 heterocycles. The third kappa shape index (κ3) is 2.89. The van der Waals surface area contributed by atoms with E-state index >= 15 is 0 Å². The Kier molecular flexibility index (Phi) is 3.76. The number of aromatic nitrogens is 3. The van der Waals surface area contributed by atoms with Gasteiger partial charge in [0.1, 0.15) is 0 Å². The molecule has 0 bridgehead atoms. The lowest BCUT2D eigenvalue weighted by molar-refractivity contribution is -0.115. The van der Waals surface area contributed by atoms with Crippen molar-refractivity contribution in [1.29, 1.82) is 0 Å². The lowest BCUT2D eigenvalue weighted by atomic mass is 10.1. The van der Waals surface area contributed by atoms with Crippen LogP contribution in [0.5, 0.6) is 0 Å². The highest BCUT2D eigenvalue weighted by molar-refractivity contribution is 8.18. The number of hydrogen-bond acceptors (Lipinski definition) is 6. The summed E-state index contributed by atoms with van der Waals surface area (Å²) in [5.74, 6) is 0.369. The van der Waals surface area contributed by atoms with Gasteiger partial charge in [-0.15, -0.1) is 0 Å². The summed E-state index contributed by atoms with van der Waals surface area (Å²) in [4.78, 5) is 29.8. The number of amides is 1. The van der Waals surface area contributed by atoms with Crippen molar-refractivity contribution in [2.24, 2.45) is 4.99 Å². The number of hydrogen-bond donors (Lipinski definition) is 1. The Morgan fingerprint density at radius 3 is 2.79 bits per heavy atom. The van der Waals surface area contributed by atoms with Gasteiger partial charge in [0.05, 0.1) is 15.9 Å². The fraction of sp³-hybridized carbons (Fsp3) is 0. The Balaban J connectivity index is 1.68. The van der Waals surface area contributed by atoms with Gasteiger partial charge in [-0.2, -0.15) is 0 Å². The number of para-hydroxylation sites is 1. The van der Waals surface area contributed by atoms with E-state index < -0.39 is 0 Å². The molecule has 1 saturated heterocycles. The monoisotopic (exact) mass is 333 g/mol. The van der Waals surface area contributed by atoms with Gasteiger partial charge in [-0.05, 0) is 36.0 Å². The first-order chi connectivity index (χ1) is 11.8. The summed E-state index contributed by atoms with van der Waals surface area (Å²) in [5.41, 5.74) is 2.39. The Morgan fingerprint density at radius 2 is 1.92 bits per heavy atom. The molecule has 1 amide bonds. The topological polar surface area (TPSA) is 80.1 Å². The number of amidine groups is 1. The Labute approximate surface area is 141 Å². The zero-order valence-corrected chi connectivity index (χ0v) is 13.2. The minimum Gasteiger partial charge on any atom is -0.300 e. The maximum Gasteiger partial charge on any atom is 0.264 e. The number of pyridine rings is 1. The van der Waals surface area contributed by atoms with Gasteiger partial charge in [-0.1, -0.05) is 18.2 Å². The second-order valence-corrected chi connectivity index (χ2v) is 5.97. The molecule has 1 N–H and O–H groups in total. The van der Waals surface area contributed by atoms with Gasteiger partial charge in [-0.25, -0.2) is 9.98 Å². The number of carbonyl (C=O) groups excluding carboxylic acids is 1. The number of thioether (sulfide) groups is 1. The van der Waals surface area contributed by atoms with Crippen LogP contribution >= 0.6 is 11.8 Å². The molecule has 0 unspecified atom stereocenters. The van der Waals surface area contributed by atoms with E-state index in [0.29, 0.717) is 15.9 Å². The Hall–Kier alpha value is -3.06. The fourth-order valence-corrected chi connectivity index (χ4v) is 3.10. The Morgan fingerprint density at radius 1 is 1.00 bits per heavy atom. The van der Waals surface area contributed by atoms with E-state index in [1.54, 1.807) is 30.7 Å². The SMILES string of the molecule is O=C1NC(=Nc2ccccn2)S/C1=C\c1cccc2nccnc12. The van der Waals surface area contributed by atoms with Gasteiger partial charge >= 0.3 is 0 Å². The van der Waals surface area contributed by atoms with Crippen LogP contribution in [0.15, 0.2) is 64.9 Å². The van der Waals surface area contributed by atoms with E-state index in [-0.39, 0.29) is 5.91 Å². The molecule has 7 heteroatoms. The van der Waals surface area contributed by atoms with Crippen LogP contribution in [0, 0.1) is 0 Å². The molecule has 6 nitrogen and oxygen atoms in total. The summed E-state index contributed by atoms with van der Waals surface area (Å²) in [7, 11) is 0. The highest BCUT2D eigenvalue weighted by atomic mass is 32.2. The average Bonchev–Trinajstić information content (AvgIpc) is 2.95. The summed E-state index contributed by atoms with van der Waals surface area (Å²) in [6.45, 7) is 0. The van der Waals surface area contributed by atoms with E-state index in [9.17, 15) is 4.79 Å². The molecule has 0 atom stereocenters. The average molecular weight is 333 g/mol. The summed E-state index contributed by atoms with van der Waals surface area (Å²) < 4.78 is 0. The van der Waals surface area contributed by atoms with E-state index in [4.69, 9.17) is 0 Å². The van der Waals surface area contributed by atoms with Crippen LogP contribution in [0.3, 0.4) is 0 Å². The van der Waals surface area contributed by atoms with E-state index in [1.165, 1.54) is 11.8 Å². The molecule has 1 fully saturated rings. The number of carbonyl (C=O) groups is 1. The van der Waals surface area contributed by atoms with Gasteiger partial charge in [0.25, 0.3) is 5.91 Å². The highest BCUT2D eigenvalue weighted by Crippen LogP contribution is 2.28. The normalized spacial score (nSPS) is 17.6. The number of aliphatic imine (C=N–C) groups is 1. The molecule has 2 aromatic heterocycles. The molecule has 0 radical (unpaired) electrons.